The minimum Gasteiger partial charge on any atom is -0.466 e. The molecule has 88 valence electrons. The van der Waals surface area contributed by atoms with E-state index in [9.17, 15) is 4.79 Å². The Labute approximate surface area is 91.0 Å². The number of hydrogen-bond acceptors (Lipinski definition) is 4. The first-order valence-corrected chi connectivity index (χ1v) is 5.68. The van der Waals surface area contributed by atoms with E-state index in [2.05, 4.69) is 5.32 Å². The number of aliphatic hydroxyl groups is 1. The Morgan fingerprint density at radius 1 is 1.60 bits per heavy atom. The number of esters is 1. The smallest absolute Gasteiger partial charge is 0.307 e. The molecular formula is C11H21NO3. The predicted octanol–water partition coefficient (Wildman–Crippen LogP) is 0.689. The van der Waals surface area contributed by atoms with Crippen LogP contribution < -0.4 is 5.32 Å². The molecule has 0 amide bonds. The fraction of sp³-hybridized carbons (Fsp3) is 0.909. The summed E-state index contributed by atoms with van der Waals surface area (Å²) >= 11 is 0. The third kappa shape index (κ3) is 4.62. The minimum absolute atomic E-state index is 0.0998. The van der Waals surface area contributed by atoms with Crippen LogP contribution in [0.25, 0.3) is 0 Å². The lowest BCUT2D eigenvalue weighted by atomic mass is 9.82. The van der Waals surface area contributed by atoms with Gasteiger partial charge in [0, 0.05) is 6.04 Å². The summed E-state index contributed by atoms with van der Waals surface area (Å²) in [5.41, 5.74) is 0. The van der Waals surface area contributed by atoms with Gasteiger partial charge in [-0.15, -0.1) is 0 Å². The summed E-state index contributed by atoms with van der Waals surface area (Å²) in [6.07, 6.45) is 2.10. The summed E-state index contributed by atoms with van der Waals surface area (Å²) < 4.78 is 4.86. The molecule has 0 aromatic carbocycles. The van der Waals surface area contributed by atoms with E-state index in [1.165, 1.54) is 0 Å². The molecule has 0 aliphatic heterocycles. The Morgan fingerprint density at radius 3 is 2.80 bits per heavy atom. The summed E-state index contributed by atoms with van der Waals surface area (Å²) in [6, 6.07) is 0.154. The summed E-state index contributed by atoms with van der Waals surface area (Å²) in [4.78, 5) is 11.1. The van der Waals surface area contributed by atoms with Gasteiger partial charge in [-0.2, -0.15) is 0 Å². The first-order chi connectivity index (χ1) is 7.11. The van der Waals surface area contributed by atoms with Gasteiger partial charge in [-0.05, 0) is 39.2 Å². The lowest BCUT2D eigenvalue weighted by molar-refractivity contribution is -0.143. The highest BCUT2D eigenvalue weighted by molar-refractivity contribution is 5.69. The molecule has 2 N–H and O–H groups in total. The standard InChI is InChI=1S/C11H21NO3/c1-3-15-11(14)4-8(2)12-7-9-5-10(13)6-9/h8-10,12-13H,3-7H2,1-2H3. The largest absolute Gasteiger partial charge is 0.466 e. The zero-order valence-corrected chi connectivity index (χ0v) is 9.53. The van der Waals surface area contributed by atoms with Crippen LogP contribution in [0.4, 0.5) is 0 Å². The molecule has 0 aromatic heterocycles. The van der Waals surface area contributed by atoms with E-state index in [0.29, 0.717) is 18.9 Å². The van der Waals surface area contributed by atoms with Crippen LogP contribution >= 0.6 is 0 Å². The fourth-order valence-electron chi connectivity index (χ4n) is 1.78. The van der Waals surface area contributed by atoms with Crippen molar-refractivity contribution in [3.63, 3.8) is 0 Å². The molecule has 1 saturated carbocycles. The van der Waals surface area contributed by atoms with Crippen molar-refractivity contribution in [1.29, 1.82) is 0 Å². The van der Waals surface area contributed by atoms with Gasteiger partial charge in [-0.1, -0.05) is 0 Å². The second kappa shape index (κ2) is 6.08. The number of aliphatic hydroxyl groups excluding tert-OH is 1. The van der Waals surface area contributed by atoms with Crippen molar-refractivity contribution in [3.8, 4) is 0 Å². The van der Waals surface area contributed by atoms with Crippen LogP contribution in [0.15, 0.2) is 0 Å². The number of carbonyl (C=O) groups is 1. The molecule has 1 aliphatic carbocycles. The van der Waals surface area contributed by atoms with E-state index in [1.807, 2.05) is 13.8 Å². The van der Waals surface area contributed by atoms with Crippen LogP contribution in [0.2, 0.25) is 0 Å². The first-order valence-electron chi connectivity index (χ1n) is 5.68. The monoisotopic (exact) mass is 215 g/mol. The van der Waals surface area contributed by atoms with E-state index < -0.39 is 0 Å². The Bertz CT molecular complexity index is 202. The summed E-state index contributed by atoms with van der Waals surface area (Å²) in [6.45, 7) is 5.12. The molecule has 0 aromatic rings. The van der Waals surface area contributed by atoms with Crippen molar-refractivity contribution in [3.05, 3.63) is 0 Å². The predicted molar refractivity (Wildman–Crippen MR) is 57.4 cm³/mol. The lowest BCUT2D eigenvalue weighted by Gasteiger charge is -2.32. The normalized spacial score (nSPS) is 26.9. The molecular weight excluding hydrogens is 194 g/mol. The Hall–Kier alpha value is -0.610. The van der Waals surface area contributed by atoms with Crippen LogP contribution in [0, 0.1) is 5.92 Å². The molecule has 4 heteroatoms. The van der Waals surface area contributed by atoms with E-state index >= 15 is 0 Å². The van der Waals surface area contributed by atoms with E-state index in [-0.39, 0.29) is 18.1 Å². The highest BCUT2D eigenvalue weighted by Gasteiger charge is 2.27. The van der Waals surface area contributed by atoms with Crippen molar-refractivity contribution in [2.24, 2.45) is 5.92 Å². The van der Waals surface area contributed by atoms with E-state index in [4.69, 9.17) is 9.84 Å². The summed E-state index contributed by atoms with van der Waals surface area (Å²) in [5.74, 6) is 0.427. The molecule has 4 nitrogen and oxygen atoms in total. The molecule has 0 bridgehead atoms. The van der Waals surface area contributed by atoms with Gasteiger partial charge in [0.25, 0.3) is 0 Å². The number of carbonyl (C=O) groups excluding carboxylic acids is 1. The molecule has 0 spiro atoms. The average molecular weight is 215 g/mol. The van der Waals surface area contributed by atoms with Gasteiger partial charge >= 0.3 is 5.97 Å². The van der Waals surface area contributed by atoms with Crippen molar-refractivity contribution in [2.45, 2.75) is 45.3 Å². The number of rotatable bonds is 6. The molecule has 1 atom stereocenters. The Kier molecular flexibility index (Phi) is 5.05. The molecule has 1 rings (SSSR count). The van der Waals surface area contributed by atoms with Crippen LogP contribution in [0.5, 0.6) is 0 Å². The van der Waals surface area contributed by atoms with Crippen LogP contribution in [-0.2, 0) is 9.53 Å². The van der Waals surface area contributed by atoms with Crippen molar-refractivity contribution >= 4 is 5.97 Å². The van der Waals surface area contributed by atoms with E-state index in [1.54, 1.807) is 0 Å². The highest BCUT2D eigenvalue weighted by atomic mass is 16.5. The van der Waals surface area contributed by atoms with Gasteiger partial charge in [0.2, 0.25) is 0 Å². The molecule has 15 heavy (non-hydrogen) atoms. The maximum absolute atomic E-state index is 11.1. The molecule has 1 unspecified atom stereocenters. The minimum atomic E-state index is -0.147. The number of nitrogens with one attached hydrogen (secondary N) is 1. The first kappa shape index (κ1) is 12.5. The van der Waals surface area contributed by atoms with Crippen LogP contribution in [-0.4, -0.2) is 36.4 Å². The van der Waals surface area contributed by atoms with Crippen molar-refractivity contribution in [1.82, 2.24) is 5.32 Å². The van der Waals surface area contributed by atoms with Crippen molar-refractivity contribution < 1.29 is 14.6 Å². The Balaban J connectivity index is 2.03. The summed E-state index contributed by atoms with van der Waals surface area (Å²) in [5, 5.41) is 12.4. The second-order valence-corrected chi connectivity index (χ2v) is 4.31. The molecule has 1 aliphatic rings. The van der Waals surface area contributed by atoms with Gasteiger partial charge in [-0.25, -0.2) is 0 Å². The van der Waals surface area contributed by atoms with Crippen LogP contribution in [0.1, 0.15) is 33.1 Å². The summed E-state index contributed by atoms with van der Waals surface area (Å²) in [7, 11) is 0. The Morgan fingerprint density at radius 2 is 2.27 bits per heavy atom. The second-order valence-electron chi connectivity index (χ2n) is 4.31. The van der Waals surface area contributed by atoms with Gasteiger partial charge in [0.05, 0.1) is 19.1 Å². The zero-order chi connectivity index (χ0) is 11.3. The maximum atomic E-state index is 11.1. The molecule has 0 radical (unpaired) electrons. The molecule has 0 heterocycles. The lowest BCUT2D eigenvalue weighted by Crippen LogP contribution is -2.40. The quantitative estimate of drug-likeness (QED) is 0.640. The van der Waals surface area contributed by atoms with E-state index in [0.717, 1.165) is 19.4 Å². The topological polar surface area (TPSA) is 58.6 Å². The van der Waals surface area contributed by atoms with Crippen molar-refractivity contribution in [2.75, 3.05) is 13.2 Å². The van der Waals surface area contributed by atoms with Gasteiger partial charge in [0.15, 0.2) is 0 Å². The SMILES string of the molecule is CCOC(=O)CC(C)NCC1CC(O)C1. The zero-order valence-electron chi connectivity index (χ0n) is 9.53. The van der Waals surface area contributed by atoms with Gasteiger partial charge in [0.1, 0.15) is 0 Å². The third-order valence-electron chi connectivity index (χ3n) is 2.74. The maximum Gasteiger partial charge on any atom is 0.307 e. The van der Waals surface area contributed by atoms with Crippen LogP contribution in [0.3, 0.4) is 0 Å². The fourth-order valence-corrected chi connectivity index (χ4v) is 1.78. The highest BCUT2D eigenvalue weighted by Crippen LogP contribution is 2.26. The number of hydrogen-bond donors (Lipinski definition) is 2. The van der Waals surface area contributed by atoms with Gasteiger partial charge in [-0.3, -0.25) is 4.79 Å². The molecule has 1 fully saturated rings. The van der Waals surface area contributed by atoms with Gasteiger partial charge < -0.3 is 15.2 Å². The third-order valence-corrected chi connectivity index (χ3v) is 2.74. The number of ether oxygens (including phenoxy) is 1. The average Bonchev–Trinajstić information content (AvgIpc) is 2.11. The molecule has 0 saturated heterocycles.